The summed E-state index contributed by atoms with van der Waals surface area (Å²) in [5.74, 6) is -0.682. The maximum absolute atomic E-state index is 13.0. The fraction of sp³-hybridized carbons (Fsp3) is 0.300. The second kappa shape index (κ2) is 5.42. The van der Waals surface area contributed by atoms with Crippen molar-refractivity contribution in [2.45, 2.75) is 13.0 Å². The highest BCUT2D eigenvalue weighted by molar-refractivity contribution is 7.92. The molecule has 18 heavy (non-hydrogen) atoms. The Labute approximate surface area is 114 Å². The predicted octanol–water partition coefficient (Wildman–Crippen LogP) is 2.40. The molecule has 0 bridgehead atoms. The number of nitrogens with zero attached hydrogens (tertiary/aromatic N) is 1. The smallest absolute Gasteiger partial charge is 0.245 e. The van der Waals surface area contributed by atoms with Gasteiger partial charge in [0.1, 0.15) is 11.9 Å². The monoisotopic (exact) mass is 313 g/mol. The summed E-state index contributed by atoms with van der Waals surface area (Å²) in [6.45, 7) is 1.33. The minimum Gasteiger partial charge on any atom is -0.279 e. The molecule has 0 heterocycles. The van der Waals surface area contributed by atoms with Gasteiger partial charge in [0.2, 0.25) is 15.3 Å². The van der Waals surface area contributed by atoms with E-state index in [2.05, 4.69) is 0 Å². The number of sulfonamides is 1. The second-order valence-corrected chi connectivity index (χ2v) is 6.28. The van der Waals surface area contributed by atoms with Crippen LogP contribution in [0.5, 0.6) is 0 Å². The highest BCUT2D eigenvalue weighted by atomic mass is 35.5. The highest BCUT2D eigenvalue weighted by Crippen LogP contribution is 2.26. The first-order chi connectivity index (χ1) is 8.14. The molecule has 0 aromatic heterocycles. The van der Waals surface area contributed by atoms with Crippen molar-refractivity contribution < 1.29 is 17.6 Å². The Morgan fingerprint density at radius 1 is 1.44 bits per heavy atom. The van der Waals surface area contributed by atoms with Crippen LogP contribution in [0, 0.1) is 5.82 Å². The Hall–Kier alpha value is -0.850. The van der Waals surface area contributed by atoms with Gasteiger partial charge in [-0.2, -0.15) is 0 Å². The molecule has 100 valence electrons. The topological polar surface area (TPSA) is 54.5 Å². The van der Waals surface area contributed by atoms with Gasteiger partial charge >= 0.3 is 0 Å². The fourth-order valence-electron chi connectivity index (χ4n) is 1.42. The van der Waals surface area contributed by atoms with Gasteiger partial charge in [0.25, 0.3) is 0 Å². The van der Waals surface area contributed by atoms with Crippen molar-refractivity contribution in [1.82, 2.24) is 0 Å². The molecule has 1 aromatic rings. The van der Waals surface area contributed by atoms with E-state index in [1.807, 2.05) is 0 Å². The summed E-state index contributed by atoms with van der Waals surface area (Å²) in [7, 11) is -3.74. The van der Waals surface area contributed by atoms with Crippen LogP contribution in [0.3, 0.4) is 0 Å². The molecule has 1 rings (SSSR count). The zero-order chi connectivity index (χ0) is 14.1. The van der Waals surface area contributed by atoms with Crippen LogP contribution in [0.2, 0.25) is 5.02 Å². The van der Waals surface area contributed by atoms with Crippen molar-refractivity contribution in [1.29, 1.82) is 0 Å². The zero-order valence-electron chi connectivity index (χ0n) is 9.52. The van der Waals surface area contributed by atoms with Crippen molar-refractivity contribution in [2.24, 2.45) is 0 Å². The van der Waals surface area contributed by atoms with E-state index in [1.165, 1.54) is 13.0 Å². The van der Waals surface area contributed by atoms with Crippen molar-refractivity contribution in [3.8, 4) is 0 Å². The number of benzene rings is 1. The lowest BCUT2D eigenvalue weighted by Crippen LogP contribution is -2.41. The van der Waals surface area contributed by atoms with E-state index in [0.29, 0.717) is 0 Å². The average Bonchev–Trinajstić information content (AvgIpc) is 2.21. The molecule has 1 unspecified atom stereocenters. The molecule has 8 heteroatoms. The molecule has 0 amide bonds. The molecule has 0 spiro atoms. The quantitative estimate of drug-likeness (QED) is 0.802. The summed E-state index contributed by atoms with van der Waals surface area (Å²) in [6.07, 6.45) is 0.917. The van der Waals surface area contributed by atoms with Crippen LogP contribution in [0.1, 0.15) is 6.92 Å². The summed E-state index contributed by atoms with van der Waals surface area (Å²) in [5.41, 5.74) is 0.0744. The third-order valence-corrected chi connectivity index (χ3v) is 4.04. The number of hydrogen-bond acceptors (Lipinski definition) is 3. The molecule has 0 saturated carbocycles. The third kappa shape index (κ3) is 3.34. The predicted molar refractivity (Wildman–Crippen MR) is 69.1 cm³/mol. The molecule has 1 aromatic carbocycles. The van der Waals surface area contributed by atoms with Crippen LogP contribution >= 0.6 is 23.2 Å². The van der Waals surface area contributed by atoms with Crippen LogP contribution < -0.4 is 4.31 Å². The van der Waals surface area contributed by atoms with Gasteiger partial charge < -0.3 is 0 Å². The van der Waals surface area contributed by atoms with Gasteiger partial charge in [-0.3, -0.25) is 9.10 Å². The lowest BCUT2D eigenvalue weighted by atomic mass is 10.2. The molecule has 1 atom stereocenters. The van der Waals surface area contributed by atoms with Crippen molar-refractivity contribution in [3.05, 3.63) is 29.0 Å². The van der Waals surface area contributed by atoms with E-state index < -0.39 is 27.1 Å². The van der Waals surface area contributed by atoms with Gasteiger partial charge in [-0.05, 0) is 36.7 Å². The standard InChI is InChI=1S/C10H10Cl2FNO3S/c1-6(10(12)15)14(18(2,16)17)7-3-4-9(13)8(11)5-7/h3-6H,1-2H3. The largest absolute Gasteiger partial charge is 0.279 e. The average molecular weight is 314 g/mol. The number of halogens is 3. The molecule has 0 N–H and O–H groups in total. The molecule has 0 saturated heterocycles. The van der Waals surface area contributed by atoms with Gasteiger partial charge in [-0.1, -0.05) is 11.6 Å². The molecule has 0 aliphatic carbocycles. The number of hydrogen-bond donors (Lipinski definition) is 0. The molecule has 0 aliphatic rings. The lowest BCUT2D eigenvalue weighted by molar-refractivity contribution is -0.112. The van der Waals surface area contributed by atoms with Gasteiger partial charge in [-0.25, -0.2) is 12.8 Å². The Kier molecular flexibility index (Phi) is 4.58. The van der Waals surface area contributed by atoms with Crippen molar-refractivity contribution >= 4 is 44.2 Å². The summed E-state index contributed by atoms with van der Waals surface area (Å²) in [6, 6.07) is 2.23. The lowest BCUT2D eigenvalue weighted by Gasteiger charge is -2.26. The van der Waals surface area contributed by atoms with E-state index in [9.17, 15) is 17.6 Å². The van der Waals surface area contributed by atoms with Gasteiger partial charge in [0.05, 0.1) is 17.0 Å². The summed E-state index contributed by atoms with van der Waals surface area (Å²) in [4.78, 5) is 11.1. The molecule has 0 aliphatic heterocycles. The molecule has 0 radical (unpaired) electrons. The Bertz CT molecular complexity index is 576. The van der Waals surface area contributed by atoms with Crippen molar-refractivity contribution in [2.75, 3.05) is 10.6 Å². The normalized spacial score (nSPS) is 13.2. The number of carbonyl (C=O) groups excluding carboxylic acids is 1. The minimum absolute atomic E-state index is 0.0744. The zero-order valence-corrected chi connectivity index (χ0v) is 11.9. The molecular formula is C10H10Cl2FNO3S. The first-order valence-corrected chi connectivity index (χ1v) is 7.39. The Morgan fingerprint density at radius 2 is 2.00 bits per heavy atom. The van der Waals surface area contributed by atoms with Gasteiger partial charge in [0.15, 0.2) is 0 Å². The fourth-order valence-corrected chi connectivity index (χ4v) is 2.91. The highest BCUT2D eigenvalue weighted by Gasteiger charge is 2.28. The van der Waals surface area contributed by atoms with E-state index >= 15 is 0 Å². The van der Waals surface area contributed by atoms with E-state index in [4.69, 9.17) is 23.2 Å². The number of carbonyl (C=O) groups is 1. The Balaban J connectivity index is 3.36. The number of rotatable bonds is 4. The molecule has 0 fully saturated rings. The SMILES string of the molecule is CC(C(=O)Cl)N(c1ccc(F)c(Cl)c1)S(C)(=O)=O. The third-order valence-electron chi connectivity index (χ3n) is 2.20. The van der Waals surface area contributed by atoms with Crippen LogP contribution in [0.15, 0.2) is 18.2 Å². The van der Waals surface area contributed by atoms with Crippen LogP contribution in [-0.2, 0) is 14.8 Å². The second-order valence-electron chi connectivity index (χ2n) is 3.64. The number of anilines is 1. The van der Waals surface area contributed by atoms with Crippen LogP contribution in [0.4, 0.5) is 10.1 Å². The first-order valence-electron chi connectivity index (χ1n) is 4.78. The van der Waals surface area contributed by atoms with Gasteiger partial charge in [-0.15, -0.1) is 0 Å². The van der Waals surface area contributed by atoms with E-state index in [-0.39, 0.29) is 10.7 Å². The summed E-state index contributed by atoms with van der Waals surface area (Å²) >= 11 is 10.9. The molecule has 4 nitrogen and oxygen atoms in total. The van der Waals surface area contributed by atoms with E-state index in [0.717, 1.165) is 22.7 Å². The van der Waals surface area contributed by atoms with Crippen LogP contribution in [-0.4, -0.2) is 26.0 Å². The van der Waals surface area contributed by atoms with Crippen molar-refractivity contribution in [3.63, 3.8) is 0 Å². The summed E-state index contributed by atoms with van der Waals surface area (Å²) in [5, 5.41) is -1.09. The maximum Gasteiger partial charge on any atom is 0.245 e. The van der Waals surface area contributed by atoms with E-state index in [1.54, 1.807) is 0 Å². The first kappa shape index (κ1) is 15.2. The minimum atomic E-state index is -3.74. The van der Waals surface area contributed by atoms with Crippen LogP contribution in [0.25, 0.3) is 0 Å². The molecular weight excluding hydrogens is 304 g/mol. The van der Waals surface area contributed by atoms with Gasteiger partial charge in [0, 0.05) is 0 Å². The maximum atomic E-state index is 13.0. The Morgan fingerprint density at radius 3 is 2.39 bits per heavy atom. The summed E-state index contributed by atoms with van der Waals surface area (Å²) < 4.78 is 37.1.